The van der Waals surface area contributed by atoms with Crippen LogP contribution in [-0.2, 0) is 4.79 Å². The van der Waals surface area contributed by atoms with E-state index in [2.05, 4.69) is 49.4 Å². The van der Waals surface area contributed by atoms with Crippen LogP contribution in [0.2, 0.25) is 0 Å². The largest absolute Gasteiger partial charge is 0.289 e. The van der Waals surface area contributed by atoms with Crippen LogP contribution in [0.4, 0.5) is 0 Å². The normalized spacial score (nSPS) is 12.3. The molecule has 3 nitrogen and oxygen atoms in total. The first-order valence-corrected chi connectivity index (χ1v) is 8.12. The molecule has 0 saturated heterocycles. The van der Waals surface area contributed by atoms with Crippen LogP contribution < -0.4 is 5.48 Å². The van der Waals surface area contributed by atoms with Gasteiger partial charge in [0, 0.05) is 6.42 Å². The SMILES string of the molecule is CC(CCCCCCC(=O)NO)c1ccc2ccccc2c1. The van der Waals surface area contributed by atoms with Crippen LogP contribution in [0.3, 0.4) is 0 Å². The lowest BCUT2D eigenvalue weighted by atomic mass is 9.93. The van der Waals surface area contributed by atoms with E-state index in [0.29, 0.717) is 12.3 Å². The van der Waals surface area contributed by atoms with Crippen molar-refractivity contribution in [3.8, 4) is 0 Å². The standard InChI is InChI=1S/C19H25NO2/c1-15(8-4-2-3-5-11-19(21)20-22)17-13-12-16-9-6-7-10-18(16)14-17/h6-7,9-10,12-15,22H,2-5,8,11H2,1H3,(H,20,21). The Bertz CT molecular complexity index is 609. The molecule has 0 heterocycles. The predicted octanol–water partition coefficient (Wildman–Crippen LogP) is 4.79. The molecule has 0 aliphatic rings. The van der Waals surface area contributed by atoms with Gasteiger partial charge in [0.25, 0.3) is 0 Å². The second-order valence-electron chi connectivity index (χ2n) is 6.00. The van der Waals surface area contributed by atoms with Gasteiger partial charge < -0.3 is 0 Å². The third-order valence-corrected chi connectivity index (χ3v) is 4.26. The molecule has 0 saturated carbocycles. The number of carbonyl (C=O) groups excluding carboxylic acids is 1. The Labute approximate surface area is 132 Å². The monoisotopic (exact) mass is 299 g/mol. The van der Waals surface area contributed by atoms with Gasteiger partial charge >= 0.3 is 0 Å². The summed E-state index contributed by atoms with van der Waals surface area (Å²) in [5.74, 6) is 0.273. The van der Waals surface area contributed by atoms with Crippen molar-refractivity contribution in [1.82, 2.24) is 5.48 Å². The predicted molar refractivity (Wildman–Crippen MR) is 90.0 cm³/mol. The average molecular weight is 299 g/mol. The third-order valence-electron chi connectivity index (χ3n) is 4.26. The number of hydrogen-bond donors (Lipinski definition) is 2. The molecule has 1 amide bonds. The molecule has 0 bridgehead atoms. The summed E-state index contributed by atoms with van der Waals surface area (Å²) in [6, 6.07) is 15.2. The molecule has 22 heavy (non-hydrogen) atoms. The maximum absolute atomic E-state index is 10.9. The zero-order valence-electron chi connectivity index (χ0n) is 13.2. The number of fused-ring (bicyclic) bond motifs is 1. The van der Waals surface area contributed by atoms with E-state index in [9.17, 15) is 4.79 Å². The van der Waals surface area contributed by atoms with Gasteiger partial charge in [0.05, 0.1) is 0 Å². The van der Waals surface area contributed by atoms with Crippen LogP contribution in [0.1, 0.15) is 56.9 Å². The molecular weight excluding hydrogens is 274 g/mol. The Hall–Kier alpha value is -1.87. The van der Waals surface area contributed by atoms with Crippen molar-refractivity contribution >= 4 is 16.7 Å². The van der Waals surface area contributed by atoms with Gasteiger partial charge in [-0.05, 0) is 35.1 Å². The summed E-state index contributed by atoms with van der Waals surface area (Å²) in [6.45, 7) is 2.28. The van der Waals surface area contributed by atoms with Crippen molar-refractivity contribution in [2.45, 2.75) is 51.4 Å². The molecule has 0 aliphatic carbocycles. The number of hydrogen-bond acceptors (Lipinski definition) is 2. The number of unbranched alkanes of at least 4 members (excludes halogenated alkanes) is 3. The van der Waals surface area contributed by atoms with E-state index in [4.69, 9.17) is 5.21 Å². The molecule has 3 heteroatoms. The first kappa shape index (κ1) is 16.5. The molecule has 2 aromatic rings. The van der Waals surface area contributed by atoms with Gasteiger partial charge in [-0.3, -0.25) is 10.0 Å². The van der Waals surface area contributed by atoms with Gasteiger partial charge in [0.15, 0.2) is 0 Å². The summed E-state index contributed by atoms with van der Waals surface area (Å²) >= 11 is 0. The minimum Gasteiger partial charge on any atom is -0.289 e. The summed E-state index contributed by atoms with van der Waals surface area (Å²) < 4.78 is 0. The highest BCUT2D eigenvalue weighted by Crippen LogP contribution is 2.25. The van der Waals surface area contributed by atoms with Gasteiger partial charge in [-0.2, -0.15) is 0 Å². The van der Waals surface area contributed by atoms with Crippen LogP contribution in [0.25, 0.3) is 10.8 Å². The van der Waals surface area contributed by atoms with E-state index in [1.807, 2.05) is 0 Å². The maximum atomic E-state index is 10.9. The number of hydroxylamine groups is 1. The molecule has 2 rings (SSSR count). The molecule has 0 aromatic heterocycles. The number of nitrogens with one attached hydrogen (secondary N) is 1. The molecule has 0 radical (unpaired) electrons. The van der Waals surface area contributed by atoms with Crippen molar-refractivity contribution in [3.05, 3.63) is 48.0 Å². The fraction of sp³-hybridized carbons (Fsp3) is 0.421. The minimum atomic E-state index is -0.287. The fourth-order valence-electron chi connectivity index (χ4n) is 2.83. The smallest absolute Gasteiger partial charge is 0.243 e. The molecule has 2 aromatic carbocycles. The Morgan fingerprint density at radius 2 is 1.77 bits per heavy atom. The Morgan fingerprint density at radius 1 is 1.05 bits per heavy atom. The van der Waals surface area contributed by atoms with Gasteiger partial charge in [-0.25, -0.2) is 5.48 Å². The highest BCUT2D eigenvalue weighted by Gasteiger charge is 2.06. The van der Waals surface area contributed by atoms with Crippen LogP contribution in [-0.4, -0.2) is 11.1 Å². The minimum absolute atomic E-state index is 0.287. The summed E-state index contributed by atoms with van der Waals surface area (Å²) in [7, 11) is 0. The first-order chi connectivity index (χ1) is 10.7. The number of benzene rings is 2. The van der Waals surface area contributed by atoms with Crippen molar-refractivity contribution < 1.29 is 10.0 Å². The maximum Gasteiger partial charge on any atom is 0.243 e. The lowest BCUT2D eigenvalue weighted by molar-refractivity contribution is -0.129. The van der Waals surface area contributed by atoms with Crippen molar-refractivity contribution in [2.75, 3.05) is 0 Å². The lowest BCUT2D eigenvalue weighted by Crippen LogP contribution is -2.17. The molecule has 1 unspecified atom stereocenters. The quantitative estimate of drug-likeness (QED) is 0.418. The van der Waals surface area contributed by atoms with E-state index in [1.54, 1.807) is 5.48 Å². The molecule has 0 fully saturated rings. The Kier molecular flexibility index (Phi) is 6.41. The lowest BCUT2D eigenvalue weighted by Gasteiger charge is -2.12. The molecule has 0 aliphatic heterocycles. The first-order valence-electron chi connectivity index (χ1n) is 8.12. The number of carbonyl (C=O) groups is 1. The van der Waals surface area contributed by atoms with Crippen molar-refractivity contribution in [3.63, 3.8) is 0 Å². The number of amides is 1. The third kappa shape index (κ3) is 4.85. The van der Waals surface area contributed by atoms with E-state index < -0.39 is 0 Å². The van der Waals surface area contributed by atoms with Crippen molar-refractivity contribution in [1.29, 1.82) is 0 Å². The van der Waals surface area contributed by atoms with Crippen LogP contribution in [0, 0.1) is 0 Å². The van der Waals surface area contributed by atoms with E-state index >= 15 is 0 Å². The van der Waals surface area contributed by atoms with Crippen LogP contribution in [0.5, 0.6) is 0 Å². The highest BCUT2D eigenvalue weighted by atomic mass is 16.5. The zero-order chi connectivity index (χ0) is 15.8. The topological polar surface area (TPSA) is 49.3 Å². The van der Waals surface area contributed by atoms with Gasteiger partial charge in [-0.1, -0.05) is 68.7 Å². The van der Waals surface area contributed by atoms with E-state index in [0.717, 1.165) is 19.3 Å². The zero-order valence-corrected chi connectivity index (χ0v) is 13.2. The summed E-state index contributed by atoms with van der Waals surface area (Å²) in [5.41, 5.74) is 3.07. The second kappa shape index (κ2) is 8.54. The summed E-state index contributed by atoms with van der Waals surface area (Å²) in [6.07, 6.45) is 5.78. The highest BCUT2D eigenvalue weighted by molar-refractivity contribution is 5.83. The van der Waals surface area contributed by atoms with E-state index in [1.165, 1.54) is 29.2 Å². The van der Waals surface area contributed by atoms with E-state index in [-0.39, 0.29) is 5.91 Å². The van der Waals surface area contributed by atoms with Gasteiger partial charge in [0.1, 0.15) is 0 Å². The Balaban J connectivity index is 1.74. The summed E-state index contributed by atoms with van der Waals surface area (Å²) in [4.78, 5) is 10.9. The molecule has 118 valence electrons. The molecule has 1 atom stereocenters. The van der Waals surface area contributed by atoms with Gasteiger partial charge in [-0.15, -0.1) is 0 Å². The molecule has 0 spiro atoms. The van der Waals surface area contributed by atoms with Crippen LogP contribution in [0.15, 0.2) is 42.5 Å². The fourth-order valence-corrected chi connectivity index (χ4v) is 2.83. The van der Waals surface area contributed by atoms with Gasteiger partial charge in [0.2, 0.25) is 5.91 Å². The molecule has 2 N–H and O–H groups in total. The Morgan fingerprint density at radius 3 is 2.55 bits per heavy atom. The second-order valence-corrected chi connectivity index (χ2v) is 6.00. The molecular formula is C19H25NO2. The average Bonchev–Trinajstić information content (AvgIpc) is 2.56. The number of rotatable bonds is 8. The summed E-state index contributed by atoms with van der Waals surface area (Å²) in [5, 5.41) is 11.0. The van der Waals surface area contributed by atoms with Crippen molar-refractivity contribution in [2.24, 2.45) is 0 Å². The van der Waals surface area contributed by atoms with Crippen LogP contribution >= 0.6 is 0 Å².